The molecule has 0 spiro atoms. The number of benzene rings is 1. The van der Waals surface area contributed by atoms with Gasteiger partial charge in [-0.2, -0.15) is 0 Å². The van der Waals surface area contributed by atoms with Crippen molar-refractivity contribution in [1.29, 1.82) is 0 Å². The van der Waals surface area contributed by atoms with Crippen molar-refractivity contribution in [3.8, 4) is 0 Å². The molecule has 3 nitrogen and oxygen atoms in total. The van der Waals surface area contributed by atoms with Gasteiger partial charge in [-0.1, -0.05) is 38.0 Å². The number of rotatable bonds is 3. The topological polar surface area (TPSA) is 23.6 Å². The van der Waals surface area contributed by atoms with Crippen molar-refractivity contribution in [3.63, 3.8) is 0 Å². The SMILES string of the molecule is C[C@H]1CCN(C(=O)CN(C)c2ccccc2)[C@H]2CCCC[C@H]12. The first-order valence-corrected chi connectivity index (χ1v) is 8.72. The van der Waals surface area contributed by atoms with E-state index < -0.39 is 0 Å². The van der Waals surface area contributed by atoms with Gasteiger partial charge in [0.05, 0.1) is 6.54 Å². The average Bonchev–Trinajstić information content (AvgIpc) is 2.56. The highest BCUT2D eigenvalue weighted by atomic mass is 16.2. The number of para-hydroxylation sites is 1. The molecule has 1 aromatic rings. The van der Waals surface area contributed by atoms with Crippen molar-refractivity contribution in [1.82, 2.24) is 4.90 Å². The Hall–Kier alpha value is -1.51. The molecule has 0 bridgehead atoms. The minimum Gasteiger partial charge on any atom is -0.365 e. The van der Waals surface area contributed by atoms with Crippen LogP contribution in [0.1, 0.15) is 39.0 Å². The van der Waals surface area contributed by atoms with Crippen molar-refractivity contribution in [3.05, 3.63) is 30.3 Å². The Bertz CT molecular complexity index is 501. The van der Waals surface area contributed by atoms with Crippen LogP contribution in [0.25, 0.3) is 0 Å². The Labute approximate surface area is 134 Å². The van der Waals surface area contributed by atoms with Gasteiger partial charge < -0.3 is 9.80 Å². The number of fused-ring (bicyclic) bond motifs is 1. The molecule has 2 fully saturated rings. The first kappa shape index (κ1) is 15.4. The molecule has 1 saturated heterocycles. The third kappa shape index (κ3) is 3.13. The van der Waals surface area contributed by atoms with Crippen molar-refractivity contribution in [2.75, 3.05) is 25.0 Å². The second-order valence-electron chi connectivity index (χ2n) is 7.06. The maximum absolute atomic E-state index is 12.8. The lowest BCUT2D eigenvalue weighted by Gasteiger charge is -2.47. The van der Waals surface area contributed by atoms with Crippen LogP contribution in [-0.2, 0) is 4.79 Å². The summed E-state index contributed by atoms with van der Waals surface area (Å²) in [5, 5.41) is 0. The van der Waals surface area contributed by atoms with E-state index in [2.05, 4.69) is 28.9 Å². The number of piperidine rings is 1. The van der Waals surface area contributed by atoms with Gasteiger partial charge in [0, 0.05) is 25.3 Å². The predicted octanol–water partition coefficient (Wildman–Crippen LogP) is 3.55. The standard InChI is InChI=1S/C19H28N2O/c1-15-12-13-21(18-11-7-6-10-17(15)18)19(22)14-20(2)16-8-4-3-5-9-16/h3-5,8-9,15,17-18H,6-7,10-14H2,1-2H3/t15-,17+,18-/m0/s1. The van der Waals surface area contributed by atoms with E-state index in [9.17, 15) is 4.79 Å². The van der Waals surface area contributed by atoms with Gasteiger partial charge >= 0.3 is 0 Å². The van der Waals surface area contributed by atoms with E-state index in [1.165, 1.54) is 32.1 Å². The van der Waals surface area contributed by atoms with Crippen molar-refractivity contribution >= 4 is 11.6 Å². The van der Waals surface area contributed by atoms with E-state index in [1.54, 1.807) is 0 Å². The minimum atomic E-state index is 0.301. The summed E-state index contributed by atoms with van der Waals surface area (Å²) in [6.45, 7) is 3.81. The molecule has 0 unspecified atom stereocenters. The number of nitrogens with zero attached hydrogens (tertiary/aromatic N) is 2. The van der Waals surface area contributed by atoms with Crippen LogP contribution >= 0.6 is 0 Å². The molecule has 1 heterocycles. The molecular weight excluding hydrogens is 272 g/mol. The smallest absolute Gasteiger partial charge is 0.242 e. The molecule has 0 aromatic heterocycles. The molecule has 1 amide bonds. The van der Waals surface area contributed by atoms with E-state index in [-0.39, 0.29) is 0 Å². The van der Waals surface area contributed by atoms with Gasteiger partial charge in [0.1, 0.15) is 0 Å². The van der Waals surface area contributed by atoms with Gasteiger partial charge in [-0.3, -0.25) is 4.79 Å². The number of hydrogen-bond acceptors (Lipinski definition) is 2. The Morgan fingerprint density at radius 3 is 2.68 bits per heavy atom. The van der Waals surface area contributed by atoms with E-state index >= 15 is 0 Å². The summed E-state index contributed by atoms with van der Waals surface area (Å²) in [5.41, 5.74) is 1.11. The average molecular weight is 300 g/mol. The molecule has 2 aliphatic rings. The molecule has 3 atom stereocenters. The van der Waals surface area contributed by atoms with Crippen LogP contribution in [0.5, 0.6) is 0 Å². The maximum atomic E-state index is 12.8. The first-order chi connectivity index (χ1) is 10.7. The fourth-order valence-electron chi connectivity index (χ4n) is 4.29. The quantitative estimate of drug-likeness (QED) is 0.852. The lowest BCUT2D eigenvalue weighted by atomic mass is 9.72. The number of likely N-dealkylation sites (N-methyl/N-ethyl adjacent to an activating group) is 1. The third-order valence-electron chi connectivity index (χ3n) is 5.63. The molecule has 0 N–H and O–H groups in total. The van der Waals surface area contributed by atoms with E-state index in [0.717, 1.165) is 24.1 Å². The van der Waals surface area contributed by atoms with Gasteiger partial charge in [-0.25, -0.2) is 0 Å². The molecule has 1 saturated carbocycles. The summed E-state index contributed by atoms with van der Waals surface area (Å²) < 4.78 is 0. The molecule has 1 aliphatic carbocycles. The van der Waals surface area contributed by atoms with Gasteiger partial charge in [0.15, 0.2) is 0 Å². The highest BCUT2D eigenvalue weighted by Crippen LogP contribution is 2.38. The highest BCUT2D eigenvalue weighted by Gasteiger charge is 2.39. The van der Waals surface area contributed by atoms with Crippen LogP contribution < -0.4 is 4.90 Å². The summed E-state index contributed by atoms with van der Waals surface area (Å²) in [5.74, 6) is 1.81. The molecular formula is C19H28N2O. The Kier molecular flexibility index (Phi) is 4.70. The zero-order valence-electron chi connectivity index (χ0n) is 13.9. The van der Waals surface area contributed by atoms with Crippen LogP contribution in [-0.4, -0.2) is 37.0 Å². The number of hydrogen-bond donors (Lipinski definition) is 0. The fraction of sp³-hybridized carbons (Fsp3) is 0.632. The maximum Gasteiger partial charge on any atom is 0.242 e. The molecule has 3 rings (SSSR count). The number of carbonyl (C=O) groups is 1. The predicted molar refractivity (Wildman–Crippen MR) is 91.0 cm³/mol. The minimum absolute atomic E-state index is 0.301. The van der Waals surface area contributed by atoms with Crippen molar-refractivity contribution in [2.45, 2.75) is 45.1 Å². The van der Waals surface area contributed by atoms with Gasteiger partial charge in [-0.05, 0) is 43.2 Å². The van der Waals surface area contributed by atoms with E-state index in [1.807, 2.05) is 25.2 Å². The molecule has 120 valence electrons. The third-order valence-corrected chi connectivity index (χ3v) is 5.63. The second-order valence-corrected chi connectivity index (χ2v) is 7.06. The van der Waals surface area contributed by atoms with Crippen LogP contribution in [0.2, 0.25) is 0 Å². The molecule has 1 aromatic carbocycles. The summed E-state index contributed by atoms with van der Waals surface area (Å²) in [4.78, 5) is 17.1. The van der Waals surface area contributed by atoms with Gasteiger partial charge in [-0.15, -0.1) is 0 Å². The van der Waals surface area contributed by atoms with Crippen molar-refractivity contribution in [2.24, 2.45) is 11.8 Å². The number of likely N-dealkylation sites (tertiary alicyclic amines) is 1. The molecule has 1 aliphatic heterocycles. The van der Waals surface area contributed by atoms with Crippen molar-refractivity contribution < 1.29 is 4.79 Å². The zero-order chi connectivity index (χ0) is 15.5. The number of carbonyl (C=O) groups excluding carboxylic acids is 1. The van der Waals surface area contributed by atoms with Gasteiger partial charge in [0.2, 0.25) is 5.91 Å². The van der Waals surface area contributed by atoms with Crippen LogP contribution in [0, 0.1) is 11.8 Å². The molecule has 0 radical (unpaired) electrons. The van der Waals surface area contributed by atoms with E-state index in [0.29, 0.717) is 18.5 Å². The number of anilines is 1. The Balaban J connectivity index is 1.66. The van der Waals surface area contributed by atoms with Crippen LogP contribution in [0.4, 0.5) is 5.69 Å². The summed E-state index contributed by atoms with van der Waals surface area (Å²) in [6.07, 6.45) is 6.31. The van der Waals surface area contributed by atoms with Crippen LogP contribution in [0.15, 0.2) is 30.3 Å². The lowest BCUT2D eigenvalue weighted by molar-refractivity contribution is -0.137. The highest BCUT2D eigenvalue weighted by molar-refractivity contribution is 5.81. The molecule has 3 heteroatoms. The molecule has 22 heavy (non-hydrogen) atoms. The zero-order valence-corrected chi connectivity index (χ0v) is 13.9. The summed E-state index contributed by atoms with van der Waals surface area (Å²) in [7, 11) is 2.01. The summed E-state index contributed by atoms with van der Waals surface area (Å²) in [6, 6.07) is 10.7. The monoisotopic (exact) mass is 300 g/mol. The second kappa shape index (κ2) is 6.72. The Morgan fingerprint density at radius 1 is 1.18 bits per heavy atom. The first-order valence-electron chi connectivity index (χ1n) is 8.72. The fourth-order valence-corrected chi connectivity index (χ4v) is 4.29. The van der Waals surface area contributed by atoms with Gasteiger partial charge in [0.25, 0.3) is 0 Å². The summed E-state index contributed by atoms with van der Waals surface area (Å²) >= 11 is 0. The largest absolute Gasteiger partial charge is 0.365 e. The van der Waals surface area contributed by atoms with E-state index in [4.69, 9.17) is 0 Å². The van der Waals surface area contributed by atoms with Crippen LogP contribution in [0.3, 0.4) is 0 Å². The lowest BCUT2D eigenvalue weighted by Crippen LogP contribution is -2.54. The Morgan fingerprint density at radius 2 is 1.91 bits per heavy atom. The number of amides is 1. The normalized spacial score (nSPS) is 28.1.